The molecule has 1 aromatic carbocycles. The first-order chi connectivity index (χ1) is 11.1. The van der Waals surface area contributed by atoms with E-state index in [1.165, 1.54) is 0 Å². The number of urea groups is 1. The minimum absolute atomic E-state index is 0.0683. The van der Waals surface area contributed by atoms with Gasteiger partial charge >= 0.3 is 12.0 Å². The van der Waals surface area contributed by atoms with Gasteiger partial charge in [-0.2, -0.15) is 0 Å². The highest BCUT2D eigenvalue weighted by Crippen LogP contribution is 2.17. The van der Waals surface area contributed by atoms with Gasteiger partial charge in [-0.15, -0.1) is 0 Å². The van der Waals surface area contributed by atoms with Crippen LogP contribution in [0.25, 0.3) is 0 Å². The second-order valence-corrected chi connectivity index (χ2v) is 4.83. The molecule has 0 spiro atoms. The molecular formula is C16H24N2O5. The molecule has 1 aromatic rings. The van der Waals surface area contributed by atoms with E-state index in [2.05, 4.69) is 10.6 Å². The third kappa shape index (κ3) is 9.23. The van der Waals surface area contributed by atoms with Crippen LogP contribution in [0.3, 0.4) is 0 Å². The Bertz CT molecular complexity index is 476. The minimum atomic E-state index is -0.790. The van der Waals surface area contributed by atoms with Gasteiger partial charge in [0.15, 0.2) is 6.73 Å². The lowest BCUT2D eigenvalue weighted by Crippen LogP contribution is -2.38. The van der Waals surface area contributed by atoms with Gasteiger partial charge in [-0.1, -0.05) is 6.42 Å². The predicted octanol–water partition coefficient (Wildman–Crippen LogP) is 2.37. The van der Waals surface area contributed by atoms with Crippen LogP contribution in [-0.2, 0) is 4.79 Å². The molecule has 0 heterocycles. The van der Waals surface area contributed by atoms with Crippen molar-refractivity contribution in [1.82, 2.24) is 10.6 Å². The largest absolute Gasteiger partial charge is 0.494 e. The number of benzene rings is 1. The van der Waals surface area contributed by atoms with E-state index in [0.717, 1.165) is 18.6 Å². The quantitative estimate of drug-likeness (QED) is 0.429. The third-order valence-electron chi connectivity index (χ3n) is 2.96. The van der Waals surface area contributed by atoms with Gasteiger partial charge in [-0.3, -0.25) is 4.79 Å². The predicted molar refractivity (Wildman–Crippen MR) is 85.7 cm³/mol. The van der Waals surface area contributed by atoms with Crippen molar-refractivity contribution in [3.05, 3.63) is 24.3 Å². The Morgan fingerprint density at radius 2 is 1.65 bits per heavy atom. The summed E-state index contributed by atoms with van der Waals surface area (Å²) in [6, 6.07) is 6.83. The number of carbonyl (C=O) groups is 2. The number of carboxylic acids is 1. The first kappa shape index (κ1) is 18.6. The lowest BCUT2D eigenvalue weighted by atomic mass is 10.2. The number of hydrogen-bond acceptors (Lipinski definition) is 4. The molecule has 7 heteroatoms. The highest BCUT2D eigenvalue weighted by molar-refractivity contribution is 5.73. The van der Waals surface area contributed by atoms with Crippen molar-refractivity contribution >= 4 is 12.0 Å². The summed E-state index contributed by atoms with van der Waals surface area (Å²) in [5.74, 6) is 0.623. The highest BCUT2D eigenvalue weighted by Gasteiger charge is 2.01. The number of ether oxygens (including phenoxy) is 2. The molecule has 0 saturated carbocycles. The second kappa shape index (κ2) is 11.2. The summed E-state index contributed by atoms with van der Waals surface area (Å²) in [5.41, 5.74) is 0. The second-order valence-electron chi connectivity index (χ2n) is 4.83. The minimum Gasteiger partial charge on any atom is -0.494 e. The van der Waals surface area contributed by atoms with Crippen molar-refractivity contribution in [2.24, 2.45) is 0 Å². The van der Waals surface area contributed by atoms with Gasteiger partial charge in [-0.25, -0.2) is 4.79 Å². The monoisotopic (exact) mass is 324 g/mol. The Balaban J connectivity index is 2.06. The fourth-order valence-electron chi connectivity index (χ4n) is 1.83. The Kier molecular flexibility index (Phi) is 9.04. The van der Waals surface area contributed by atoms with Gasteiger partial charge in [0.05, 0.1) is 6.61 Å². The average Bonchev–Trinajstić information content (AvgIpc) is 2.52. The molecule has 0 aliphatic heterocycles. The molecule has 0 bridgehead atoms. The Labute approximate surface area is 136 Å². The third-order valence-corrected chi connectivity index (χ3v) is 2.96. The van der Waals surface area contributed by atoms with Gasteiger partial charge < -0.3 is 25.2 Å². The molecule has 0 saturated heterocycles. The van der Waals surface area contributed by atoms with Crippen molar-refractivity contribution < 1.29 is 24.2 Å². The van der Waals surface area contributed by atoms with Gasteiger partial charge in [0.25, 0.3) is 0 Å². The maximum absolute atomic E-state index is 11.5. The molecule has 3 N–H and O–H groups in total. The van der Waals surface area contributed by atoms with Crippen molar-refractivity contribution in [2.45, 2.75) is 32.6 Å². The molecule has 0 fully saturated rings. The van der Waals surface area contributed by atoms with Crippen LogP contribution in [0.5, 0.6) is 11.5 Å². The highest BCUT2D eigenvalue weighted by atomic mass is 16.5. The average molecular weight is 324 g/mol. The summed E-state index contributed by atoms with van der Waals surface area (Å²) < 4.78 is 10.7. The molecule has 128 valence electrons. The maximum atomic E-state index is 11.5. The molecule has 0 aromatic heterocycles. The zero-order valence-corrected chi connectivity index (χ0v) is 13.3. The van der Waals surface area contributed by atoms with E-state index in [1.807, 2.05) is 6.92 Å². The van der Waals surface area contributed by atoms with Crippen molar-refractivity contribution in [3.63, 3.8) is 0 Å². The number of unbranched alkanes of at least 4 members (excludes halogenated alkanes) is 2. The van der Waals surface area contributed by atoms with Crippen LogP contribution in [-0.4, -0.2) is 37.0 Å². The van der Waals surface area contributed by atoms with Crippen LogP contribution in [0.15, 0.2) is 24.3 Å². The fourth-order valence-corrected chi connectivity index (χ4v) is 1.83. The maximum Gasteiger partial charge on any atom is 0.317 e. The smallest absolute Gasteiger partial charge is 0.317 e. The Morgan fingerprint density at radius 1 is 1.00 bits per heavy atom. The van der Waals surface area contributed by atoms with E-state index in [1.54, 1.807) is 24.3 Å². The van der Waals surface area contributed by atoms with Gasteiger partial charge in [-0.05, 0) is 44.0 Å². The zero-order chi connectivity index (χ0) is 16.9. The molecular weight excluding hydrogens is 300 g/mol. The van der Waals surface area contributed by atoms with Crippen LogP contribution in [0.4, 0.5) is 4.79 Å². The summed E-state index contributed by atoms with van der Waals surface area (Å²) in [6.07, 6.45) is 2.32. The summed E-state index contributed by atoms with van der Waals surface area (Å²) >= 11 is 0. The zero-order valence-electron chi connectivity index (χ0n) is 13.3. The summed E-state index contributed by atoms with van der Waals surface area (Å²) in [5, 5.41) is 13.8. The number of amides is 2. The molecule has 1 rings (SSSR count). The standard InChI is InChI=1S/C16H24N2O5/c1-2-22-13-7-9-14(10-8-13)23-12-18-16(21)17-11-5-3-4-6-15(19)20/h7-10H,2-6,11-12H2,1H3,(H,19,20)(H2,17,18,21). The van der Waals surface area contributed by atoms with E-state index in [4.69, 9.17) is 14.6 Å². The molecule has 23 heavy (non-hydrogen) atoms. The lowest BCUT2D eigenvalue weighted by molar-refractivity contribution is -0.137. The first-order valence-corrected chi connectivity index (χ1v) is 7.71. The van der Waals surface area contributed by atoms with Crippen LogP contribution in [0.1, 0.15) is 32.6 Å². The molecule has 0 unspecified atom stereocenters. The van der Waals surface area contributed by atoms with Crippen LogP contribution in [0, 0.1) is 0 Å². The number of carbonyl (C=O) groups excluding carboxylic acids is 1. The van der Waals surface area contributed by atoms with Crippen LogP contribution >= 0.6 is 0 Å². The fraction of sp³-hybridized carbons (Fsp3) is 0.500. The number of hydrogen-bond donors (Lipinski definition) is 3. The van der Waals surface area contributed by atoms with Crippen molar-refractivity contribution in [1.29, 1.82) is 0 Å². The normalized spacial score (nSPS) is 9.96. The van der Waals surface area contributed by atoms with Crippen molar-refractivity contribution in [2.75, 3.05) is 19.9 Å². The van der Waals surface area contributed by atoms with Gasteiger partial charge in [0.2, 0.25) is 0 Å². The SMILES string of the molecule is CCOc1ccc(OCNC(=O)NCCCCCC(=O)O)cc1. The molecule has 0 atom stereocenters. The topological polar surface area (TPSA) is 96.9 Å². The number of carboxylic acid groups (broad SMARTS) is 1. The summed E-state index contributed by atoms with van der Waals surface area (Å²) in [7, 11) is 0. The lowest BCUT2D eigenvalue weighted by Gasteiger charge is -2.10. The molecule has 7 nitrogen and oxygen atoms in total. The summed E-state index contributed by atoms with van der Waals surface area (Å²) in [6.45, 7) is 3.10. The van der Waals surface area contributed by atoms with Crippen molar-refractivity contribution in [3.8, 4) is 11.5 Å². The van der Waals surface area contributed by atoms with E-state index < -0.39 is 5.97 Å². The molecule has 0 aliphatic carbocycles. The molecule has 2 amide bonds. The number of aliphatic carboxylic acids is 1. The number of nitrogens with one attached hydrogen (secondary N) is 2. The first-order valence-electron chi connectivity index (χ1n) is 7.71. The van der Waals surface area contributed by atoms with Crippen LogP contribution in [0.2, 0.25) is 0 Å². The van der Waals surface area contributed by atoms with E-state index >= 15 is 0 Å². The van der Waals surface area contributed by atoms with Crippen LogP contribution < -0.4 is 20.1 Å². The number of rotatable bonds is 11. The Morgan fingerprint density at radius 3 is 2.26 bits per heavy atom. The molecule has 0 aliphatic rings. The Hall–Kier alpha value is -2.44. The van der Waals surface area contributed by atoms with Gasteiger partial charge in [0.1, 0.15) is 11.5 Å². The van der Waals surface area contributed by atoms with E-state index in [-0.39, 0.29) is 19.2 Å². The van der Waals surface area contributed by atoms with Gasteiger partial charge in [0, 0.05) is 13.0 Å². The van der Waals surface area contributed by atoms with E-state index in [0.29, 0.717) is 25.3 Å². The molecule has 0 radical (unpaired) electrons. The van der Waals surface area contributed by atoms with E-state index in [9.17, 15) is 9.59 Å². The summed E-state index contributed by atoms with van der Waals surface area (Å²) in [4.78, 5) is 21.8.